The van der Waals surface area contributed by atoms with Crippen molar-refractivity contribution < 1.29 is 9.84 Å². The van der Waals surface area contributed by atoms with Crippen LogP contribution in [0.5, 0.6) is 0 Å². The van der Waals surface area contributed by atoms with Gasteiger partial charge in [-0.1, -0.05) is 0 Å². The van der Waals surface area contributed by atoms with E-state index in [1.54, 1.807) is 0 Å². The van der Waals surface area contributed by atoms with E-state index in [0.29, 0.717) is 6.10 Å². The molecule has 1 aromatic heterocycles. The van der Waals surface area contributed by atoms with Gasteiger partial charge >= 0.3 is 0 Å². The third-order valence-corrected chi connectivity index (χ3v) is 3.81. The molecular weight excluding hydrogens is 218 g/mol. The van der Waals surface area contributed by atoms with Crippen LogP contribution in [0.3, 0.4) is 0 Å². The minimum Gasteiger partial charge on any atom is -0.396 e. The molecule has 0 aliphatic carbocycles. The van der Waals surface area contributed by atoms with E-state index in [4.69, 9.17) is 4.74 Å². The van der Waals surface area contributed by atoms with Gasteiger partial charge in [-0.15, -0.1) is 10.2 Å². The Bertz CT molecular complexity index is 385. The summed E-state index contributed by atoms with van der Waals surface area (Å²) < 4.78 is 7.83. The maximum Gasteiger partial charge on any atom is 0.138 e. The summed E-state index contributed by atoms with van der Waals surface area (Å²) in [6.07, 6.45) is 5.60. The van der Waals surface area contributed by atoms with Crippen LogP contribution in [-0.2, 0) is 17.7 Å². The molecule has 5 nitrogen and oxygen atoms in total. The summed E-state index contributed by atoms with van der Waals surface area (Å²) in [5.74, 6) is 2.17. The average Bonchev–Trinajstić information content (AvgIpc) is 2.99. The van der Waals surface area contributed by atoms with E-state index in [0.717, 1.165) is 56.9 Å². The zero-order chi connectivity index (χ0) is 11.7. The predicted octanol–water partition coefficient (Wildman–Crippen LogP) is 0.869. The SMILES string of the molecule is OCC1CCCn2c(CC3CCCO3)nnc21. The monoisotopic (exact) mass is 237 g/mol. The summed E-state index contributed by atoms with van der Waals surface area (Å²) >= 11 is 0. The standard InChI is InChI=1S/C12H19N3O2/c16-8-9-3-1-5-15-11(13-14-12(9)15)7-10-4-2-6-17-10/h9-10,16H,1-8H2. The summed E-state index contributed by atoms with van der Waals surface area (Å²) in [5, 5.41) is 17.9. The van der Waals surface area contributed by atoms with E-state index in [1.165, 1.54) is 0 Å². The van der Waals surface area contributed by atoms with Gasteiger partial charge in [-0.3, -0.25) is 0 Å². The van der Waals surface area contributed by atoms with Crippen molar-refractivity contribution in [2.24, 2.45) is 0 Å². The number of hydrogen-bond acceptors (Lipinski definition) is 4. The van der Waals surface area contributed by atoms with Gasteiger partial charge in [-0.05, 0) is 25.7 Å². The number of aromatic nitrogens is 3. The first-order valence-corrected chi connectivity index (χ1v) is 6.53. The highest BCUT2D eigenvalue weighted by Gasteiger charge is 2.26. The Morgan fingerprint density at radius 1 is 1.29 bits per heavy atom. The van der Waals surface area contributed by atoms with E-state index in [2.05, 4.69) is 14.8 Å². The zero-order valence-electron chi connectivity index (χ0n) is 10.0. The minimum absolute atomic E-state index is 0.175. The molecule has 0 amide bonds. The topological polar surface area (TPSA) is 60.2 Å². The molecule has 0 radical (unpaired) electrons. The second-order valence-electron chi connectivity index (χ2n) is 4.99. The highest BCUT2D eigenvalue weighted by molar-refractivity contribution is 5.06. The van der Waals surface area contributed by atoms with Crippen molar-refractivity contribution in [1.82, 2.24) is 14.8 Å². The minimum atomic E-state index is 0.175. The third kappa shape index (κ3) is 2.09. The van der Waals surface area contributed by atoms with Crippen LogP contribution in [0.15, 0.2) is 0 Å². The van der Waals surface area contributed by atoms with Crippen molar-refractivity contribution in [2.45, 2.75) is 50.7 Å². The zero-order valence-corrected chi connectivity index (χ0v) is 10.0. The van der Waals surface area contributed by atoms with E-state index >= 15 is 0 Å². The van der Waals surface area contributed by atoms with Crippen LogP contribution < -0.4 is 0 Å². The summed E-state index contributed by atoms with van der Waals surface area (Å²) in [6, 6.07) is 0. The number of aliphatic hydroxyl groups is 1. The van der Waals surface area contributed by atoms with Gasteiger partial charge in [0, 0.05) is 25.5 Å². The van der Waals surface area contributed by atoms with Gasteiger partial charge in [-0.25, -0.2) is 0 Å². The number of nitrogens with zero attached hydrogens (tertiary/aromatic N) is 3. The number of hydrogen-bond donors (Lipinski definition) is 1. The lowest BCUT2D eigenvalue weighted by Crippen LogP contribution is -2.21. The van der Waals surface area contributed by atoms with Crippen molar-refractivity contribution in [1.29, 1.82) is 0 Å². The van der Waals surface area contributed by atoms with Gasteiger partial charge in [0.25, 0.3) is 0 Å². The first kappa shape index (κ1) is 11.2. The molecule has 1 aromatic rings. The summed E-state index contributed by atoms with van der Waals surface area (Å²) in [4.78, 5) is 0. The van der Waals surface area contributed by atoms with Gasteiger partial charge in [-0.2, -0.15) is 0 Å². The molecule has 0 saturated carbocycles. The lowest BCUT2D eigenvalue weighted by atomic mass is 10.00. The van der Waals surface area contributed by atoms with Gasteiger partial charge in [0.2, 0.25) is 0 Å². The van der Waals surface area contributed by atoms with E-state index in [-0.39, 0.29) is 12.5 Å². The Labute approximate surface area is 101 Å². The number of aliphatic hydroxyl groups excluding tert-OH is 1. The molecule has 5 heteroatoms. The largest absolute Gasteiger partial charge is 0.396 e. The van der Waals surface area contributed by atoms with Crippen LogP contribution in [0.2, 0.25) is 0 Å². The van der Waals surface area contributed by atoms with Crippen LogP contribution in [0.1, 0.15) is 43.3 Å². The average molecular weight is 237 g/mol. The summed E-state index contributed by atoms with van der Waals surface area (Å²) in [6.45, 7) is 2.05. The molecule has 0 aromatic carbocycles. The fraction of sp³-hybridized carbons (Fsp3) is 0.833. The highest BCUT2D eigenvalue weighted by Crippen LogP contribution is 2.27. The van der Waals surface area contributed by atoms with Crippen LogP contribution in [0.25, 0.3) is 0 Å². The molecule has 1 N–H and O–H groups in total. The molecule has 2 atom stereocenters. The third-order valence-electron chi connectivity index (χ3n) is 3.81. The molecule has 3 heterocycles. The molecule has 0 spiro atoms. The summed E-state index contributed by atoms with van der Waals surface area (Å²) in [5.41, 5.74) is 0. The van der Waals surface area contributed by atoms with Crippen LogP contribution in [0.4, 0.5) is 0 Å². The number of fused-ring (bicyclic) bond motifs is 1. The maximum atomic E-state index is 9.33. The van der Waals surface area contributed by atoms with Crippen LogP contribution in [-0.4, -0.2) is 39.2 Å². The molecule has 0 bridgehead atoms. The van der Waals surface area contributed by atoms with Gasteiger partial charge in [0.05, 0.1) is 12.7 Å². The number of ether oxygens (including phenoxy) is 1. The molecule has 3 rings (SSSR count). The van der Waals surface area contributed by atoms with Gasteiger partial charge in [0.15, 0.2) is 0 Å². The molecule has 2 aliphatic heterocycles. The second kappa shape index (κ2) is 4.74. The van der Waals surface area contributed by atoms with Crippen molar-refractivity contribution in [2.75, 3.05) is 13.2 Å². The Morgan fingerprint density at radius 2 is 2.24 bits per heavy atom. The smallest absolute Gasteiger partial charge is 0.138 e. The van der Waals surface area contributed by atoms with Crippen molar-refractivity contribution >= 4 is 0 Å². The molecule has 1 fully saturated rings. The molecular formula is C12H19N3O2. The van der Waals surface area contributed by atoms with E-state index in [1.807, 2.05) is 0 Å². The Morgan fingerprint density at radius 3 is 3.00 bits per heavy atom. The van der Waals surface area contributed by atoms with Crippen LogP contribution >= 0.6 is 0 Å². The lowest BCUT2D eigenvalue weighted by molar-refractivity contribution is 0.108. The second-order valence-corrected chi connectivity index (χ2v) is 4.99. The first-order valence-electron chi connectivity index (χ1n) is 6.53. The fourth-order valence-corrected chi connectivity index (χ4v) is 2.85. The van der Waals surface area contributed by atoms with E-state index in [9.17, 15) is 5.11 Å². The molecule has 1 saturated heterocycles. The van der Waals surface area contributed by atoms with Crippen molar-refractivity contribution in [3.05, 3.63) is 11.6 Å². The summed E-state index contributed by atoms with van der Waals surface area (Å²) in [7, 11) is 0. The van der Waals surface area contributed by atoms with Crippen molar-refractivity contribution in [3.8, 4) is 0 Å². The van der Waals surface area contributed by atoms with Gasteiger partial charge < -0.3 is 14.4 Å². The van der Waals surface area contributed by atoms with Crippen LogP contribution in [0, 0.1) is 0 Å². The van der Waals surface area contributed by atoms with E-state index < -0.39 is 0 Å². The first-order chi connectivity index (χ1) is 8.38. The Hall–Kier alpha value is -0.940. The Balaban J connectivity index is 1.79. The predicted molar refractivity (Wildman–Crippen MR) is 61.8 cm³/mol. The molecule has 2 unspecified atom stereocenters. The highest BCUT2D eigenvalue weighted by atomic mass is 16.5. The number of rotatable bonds is 3. The normalized spacial score (nSPS) is 28.3. The fourth-order valence-electron chi connectivity index (χ4n) is 2.85. The van der Waals surface area contributed by atoms with Crippen molar-refractivity contribution in [3.63, 3.8) is 0 Å². The molecule has 94 valence electrons. The maximum absolute atomic E-state index is 9.33. The molecule has 17 heavy (non-hydrogen) atoms. The Kier molecular flexibility index (Phi) is 3.11. The molecule has 2 aliphatic rings. The van der Waals surface area contributed by atoms with Gasteiger partial charge in [0.1, 0.15) is 11.6 Å². The lowest BCUT2D eigenvalue weighted by Gasteiger charge is -2.22. The quantitative estimate of drug-likeness (QED) is 0.847.